The lowest BCUT2D eigenvalue weighted by molar-refractivity contribution is -0.118. The SMILES string of the molecule is COCCNC(=O)CSc1ncc(S(=O)(=O)c2ccc(Br)cc2)c(=O)[nH]1. The van der Waals surface area contributed by atoms with E-state index in [1.807, 2.05) is 0 Å². The maximum atomic E-state index is 12.5. The summed E-state index contributed by atoms with van der Waals surface area (Å²) < 4.78 is 30.6. The molecule has 0 radical (unpaired) electrons. The van der Waals surface area contributed by atoms with Gasteiger partial charge in [-0.25, -0.2) is 13.4 Å². The van der Waals surface area contributed by atoms with Gasteiger partial charge in [-0.15, -0.1) is 0 Å². The molecule has 0 bridgehead atoms. The number of aromatic nitrogens is 2. The molecule has 1 heterocycles. The Morgan fingerprint density at radius 1 is 1.35 bits per heavy atom. The Labute approximate surface area is 162 Å². The number of amides is 1. The van der Waals surface area contributed by atoms with Gasteiger partial charge in [0.15, 0.2) is 10.1 Å². The van der Waals surface area contributed by atoms with Crippen molar-refractivity contribution in [2.24, 2.45) is 0 Å². The van der Waals surface area contributed by atoms with Gasteiger partial charge in [0.25, 0.3) is 5.56 Å². The van der Waals surface area contributed by atoms with E-state index in [1.165, 1.54) is 19.2 Å². The summed E-state index contributed by atoms with van der Waals surface area (Å²) in [5.74, 6) is -0.216. The maximum absolute atomic E-state index is 12.5. The van der Waals surface area contributed by atoms with Crippen LogP contribution in [0.2, 0.25) is 0 Å². The number of rotatable bonds is 8. The van der Waals surface area contributed by atoms with Crippen LogP contribution in [0.5, 0.6) is 0 Å². The lowest BCUT2D eigenvalue weighted by Gasteiger charge is -2.06. The summed E-state index contributed by atoms with van der Waals surface area (Å²) in [6.45, 7) is 0.776. The highest BCUT2D eigenvalue weighted by Gasteiger charge is 2.22. The topological polar surface area (TPSA) is 118 Å². The lowest BCUT2D eigenvalue weighted by Crippen LogP contribution is -2.28. The number of hydrogen-bond donors (Lipinski definition) is 2. The molecule has 11 heteroatoms. The minimum atomic E-state index is -3.98. The highest BCUT2D eigenvalue weighted by atomic mass is 79.9. The summed E-state index contributed by atoms with van der Waals surface area (Å²) in [7, 11) is -2.45. The highest BCUT2D eigenvalue weighted by molar-refractivity contribution is 9.10. The number of H-pyrrole nitrogens is 1. The van der Waals surface area contributed by atoms with Gasteiger partial charge in [-0.2, -0.15) is 0 Å². The number of benzene rings is 1. The number of sulfone groups is 1. The van der Waals surface area contributed by atoms with Crippen molar-refractivity contribution in [3.05, 3.63) is 45.3 Å². The van der Waals surface area contributed by atoms with Crippen molar-refractivity contribution in [2.45, 2.75) is 14.9 Å². The Kier molecular flexibility index (Phi) is 7.38. The Balaban J connectivity index is 2.11. The molecule has 2 N–H and O–H groups in total. The molecule has 0 aliphatic heterocycles. The molecule has 8 nitrogen and oxygen atoms in total. The number of ether oxygens (including phenoxy) is 1. The molecule has 2 rings (SSSR count). The van der Waals surface area contributed by atoms with Crippen LogP contribution in [-0.2, 0) is 19.4 Å². The summed E-state index contributed by atoms with van der Waals surface area (Å²) in [4.78, 5) is 29.6. The van der Waals surface area contributed by atoms with Crippen LogP contribution in [0.25, 0.3) is 0 Å². The van der Waals surface area contributed by atoms with E-state index in [9.17, 15) is 18.0 Å². The number of nitrogens with one attached hydrogen (secondary N) is 2. The molecule has 0 fully saturated rings. The third kappa shape index (κ3) is 5.40. The molecule has 1 aromatic heterocycles. The van der Waals surface area contributed by atoms with Gasteiger partial charge in [0.2, 0.25) is 15.7 Å². The molecule has 26 heavy (non-hydrogen) atoms. The average Bonchev–Trinajstić information content (AvgIpc) is 2.60. The molecule has 0 spiro atoms. The van der Waals surface area contributed by atoms with E-state index in [4.69, 9.17) is 4.74 Å². The number of methoxy groups -OCH3 is 1. The van der Waals surface area contributed by atoms with Crippen molar-refractivity contribution in [3.8, 4) is 0 Å². The third-order valence-corrected chi connectivity index (χ3v) is 6.30. The van der Waals surface area contributed by atoms with E-state index in [1.54, 1.807) is 12.1 Å². The second-order valence-electron chi connectivity index (χ2n) is 4.97. The summed E-state index contributed by atoms with van der Waals surface area (Å²) in [6.07, 6.45) is 1.00. The Bertz CT molecular complexity index is 929. The van der Waals surface area contributed by atoms with Gasteiger partial charge >= 0.3 is 0 Å². The van der Waals surface area contributed by atoms with Crippen molar-refractivity contribution in [3.63, 3.8) is 0 Å². The highest BCUT2D eigenvalue weighted by Crippen LogP contribution is 2.20. The summed E-state index contributed by atoms with van der Waals surface area (Å²) in [6, 6.07) is 5.93. The van der Waals surface area contributed by atoms with E-state index in [2.05, 4.69) is 31.2 Å². The van der Waals surface area contributed by atoms with Crippen LogP contribution in [0.3, 0.4) is 0 Å². The van der Waals surface area contributed by atoms with Crippen LogP contribution < -0.4 is 10.9 Å². The summed E-state index contributed by atoms with van der Waals surface area (Å²) in [5.41, 5.74) is -0.787. The molecule has 140 valence electrons. The first-order chi connectivity index (χ1) is 12.3. The van der Waals surface area contributed by atoms with E-state index in [-0.39, 0.29) is 21.7 Å². The second-order valence-corrected chi connectivity index (χ2v) is 8.77. The molecule has 0 saturated carbocycles. The monoisotopic (exact) mass is 461 g/mol. The smallest absolute Gasteiger partial charge is 0.270 e. The first-order valence-electron chi connectivity index (χ1n) is 7.33. The van der Waals surface area contributed by atoms with Gasteiger partial charge in [-0.1, -0.05) is 27.7 Å². The van der Waals surface area contributed by atoms with Crippen molar-refractivity contribution in [1.82, 2.24) is 15.3 Å². The number of aromatic amines is 1. The van der Waals surface area contributed by atoms with Crippen molar-refractivity contribution >= 4 is 43.4 Å². The van der Waals surface area contributed by atoms with Crippen LogP contribution in [0, 0.1) is 0 Å². The average molecular weight is 462 g/mol. The number of nitrogens with zero attached hydrogens (tertiary/aromatic N) is 1. The van der Waals surface area contributed by atoms with Crippen LogP contribution in [0.4, 0.5) is 0 Å². The molecule has 0 aliphatic rings. The number of hydrogen-bond acceptors (Lipinski definition) is 7. The molecular weight excluding hydrogens is 446 g/mol. The first-order valence-corrected chi connectivity index (χ1v) is 10.6. The Morgan fingerprint density at radius 2 is 2.04 bits per heavy atom. The fourth-order valence-electron chi connectivity index (χ4n) is 1.85. The van der Waals surface area contributed by atoms with Gasteiger partial charge < -0.3 is 15.0 Å². The van der Waals surface area contributed by atoms with Gasteiger partial charge in [-0.3, -0.25) is 9.59 Å². The minimum absolute atomic E-state index is 0.00840. The quantitative estimate of drug-likeness (QED) is 0.344. The molecule has 2 aromatic rings. The van der Waals surface area contributed by atoms with Gasteiger partial charge in [0.1, 0.15) is 0 Å². The molecular formula is C15H16BrN3O5S2. The predicted octanol–water partition coefficient (Wildman–Crippen LogP) is 1.22. The van der Waals surface area contributed by atoms with Crippen LogP contribution in [0.1, 0.15) is 0 Å². The first kappa shape index (κ1) is 20.6. The fourth-order valence-corrected chi connectivity index (χ4v) is 4.01. The second kappa shape index (κ2) is 9.31. The third-order valence-electron chi connectivity index (χ3n) is 3.13. The molecule has 0 atom stereocenters. The van der Waals surface area contributed by atoms with E-state index in [0.29, 0.717) is 13.2 Å². The van der Waals surface area contributed by atoms with Gasteiger partial charge in [0, 0.05) is 18.1 Å². The zero-order valence-electron chi connectivity index (χ0n) is 13.7. The predicted molar refractivity (Wildman–Crippen MR) is 100 cm³/mol. The van der Waals surface area contributed by atoms with E-state index >= 15 is 0 Å². The summed E-state index contributed by atoms with van der Waals surface area (Å²) >= 11 is 4.22. The maximum Gasteiger partial charge on any atom is 0.270 e. The van der Waals surface area contributed by atoms with E-state index in [0.717, 1.165) is 22.4 Å². The Hall–Kier alpha value is -1.69. The minimum Gasteiger partial charge on any atom is -0.383 e. The molecule has 1 amide bonds. The molecule has 0 saturated heterocycles. The normalized spacial score (nSPS) is 11.3. The van der Waals surface area contributed by atoms with Crippen LogP contribution >= 0.6 is 27.7 Å². The standard InChI is InChI=1S/C15H16BrN3O5S2/c1-24-7-6-17-13(20)9-25-15-18-8-12(14(21)19-15)26(22,23)11-4-2-10(16)3-5-11/h2-5,8H,6-7,9H2,1H3,(H,17,20)(H,18,19,21). The number of thioether (sulfide) groups is 1. The van der Waals surface area contributed by atoms with Crippen molar-refractivity contribution in [1.29, 1.82) is 0 Å². The van der Waals surface area contributed by atoms with Gasteiger partial charge in [0.05, 0.1) is 23.5 Å². The Morgan fingerprint density at radius 3 is 2.65 bits per heavy atom. The van der Waals surface area contributed by atoms with Crippen molar-refractivity contribution in [2.75, 3.05) is 26.0 Å². The fraction of sp³-hybridized carbons (Fsp3) is 0.267. The van der Waals surface area contributed by atoms with Crippen molar-refractivity contribution < 1.29 is 17.9 Å². The molecule has 0 unspecified atom stereocenters. The largest absolute Gasteiger partial charge is 0.383 e. The number of carbonyl (C=O) groups is 1. The zero-order valence-corrected chi connectivity index (χ0v) is 16.9. The van der Waals surface area contributed by atoms with E-state index < -0.39 is 20.3 Å². The molecule has 0 aliphatic carbocycles. The lowest BCUT2D eigenvalue weighted by atomic mass is 10.4. The van der Waals surface area contributed by atoms with Gasteiger partial charge in [-0.05, 0) is 24.3 Å². The molecule has 1 aromatic carbocycles. The van der Waals surface area contributed by atoms with Crippen LogP contribution in [-0.4, -0.2) is 50.3 Å². The number of carbonyl (C=O) groups excluding carboxylic acids is 1. The zero-order chi connectivity index (χ0) is 19.2. The number of halogens is 1. The summed E-state index contributed by atoms with van der Waals surface area (Å²) in [5, 5.41) is 2.78. The van der Waals surface area contributed by atoms with Crippen LogP contribution in [0.15, 0.2) is 54.7 Å².